The van der Waals surface area contributed by atoms with Crippen molar-refractivity contribution < 1.29 is 19.8 Å². The van der Waals surface area contributed by atoms with Gasteiger partial charge in [-0.05, 0) is 12.3 Å². The molecule has 0 aromatic heterocycles. The number of carboxylic acids is 1. The summed E-state index contributed by atoms with van der Waals surface area (Å²) in [4.78, 5) is 24.9. The lowest BCUT2D eigenvalue weighted by Gasteiger charge is -2.36. The zero-order chi connectivity index (χ0) is 12.3. The van der Waals surface area contributed by atoms with Crippen LogP contribution in [-0.2, 0) is 4.79 Å². The highest BCUT2D eigenvalue weighted by Gasteiger charge is 2.29. The van der Waals surface area contributed by atoms with Crippen LogP contribution in [0.4, 0.5) is 4.79 Å². The molecular weight excluding hydrogens is 212 g/mol. The number of hydrogen-bond donors (Lipinski definition) is 2. The van der Waals surface area contributed by atoms with Crippen molar-refractivity contribution in [2.75, 3.05) is 26.7 Å². The van der Waals surface area contributed by atoms with Crippen LogP contribution in [-0.4, -0.2) is 64.8 Å². The number of β-amino-alcohol motifs (C(OH)–C–C–N with tert-alkyl or cyclic N) is 1. The summed E-state index contributed by atoms with van der Waals surface area (Å²) in [5.74, 6) is -0.851. The fourth-order valence-corrected chi connectivity index (χ4v) is 1.73. The molecule has 0 radical (unpaired) electrons. The Bertz CT molecular complexity index is 282. The predicted molar refractivity (Wildman–Crippen MR) is 57.0 cm³/mol. The molecule has 16 heavy (non-hydrogen) atoms. The van der Waals surface area contributed by atoms with Gasteiger partial charge in [0.1, 0.15) is 6.54 Å². The van der Waals surface area contributed by atoms with E-state index in [0.29, 0.717) is 6.54 Å². The number of piperidine rings is 1. The molecule has 2 N–H and O–H groups in total. The second-order valence-corrected chi connectivity index (χ2v) is 4.31. The number of carbonyl (C=O) groups excluding carboxylic acids is 1. The molecule has 1 aliphatic heterocycles. The van der Waals surface area contributed by atoms with Gasteiger partial charge in [0.15, 0.2) is 0 Å². The minimum absolute atomic E-state index is 0.189. The van der Waals surface area contributed by atoms with Crippen molar-refractivity contribution in [1.29, 1.82) is 0 Å². The largest absolute Gasteiger partial charge is 0.480 e. The molecule has 1 rings (SSSR count). The van der Waals surface area contributed by atoms with Gasteiger partial charge in [0.25, 0.3) is 0 Å². The number of likely N-dealkylation sites (N-methyl/N-ethyl adjacent to an activating group) is 1. The number of carboxylic acid groups (broad SMARTS) is 1. The summed E-state index contributed by atoms with van der Waals surface area (Å²) in [7, 11) is 1.45. The number of likely N-dealkylation sites (tertiary alicyclic amines) is 1. The van der Waals surface area contributed by atoms with Crippen LogP contribution in [0.15, 0.2) is 0 Å². The van der Waals surface area contributed by atoms with E-state index in [4.69, 9.17) is 5.11 Å². The Morgan fingerprint density at radius 3 is 2.62 bits per heavy atom. The minimum Gasteiger partial charge on any atom is -0.480 e. The van der Waals surface area contributed by atoms with Gasteiger partial charge in [-0.1, -0.05) is 6.92 Å². The molecule has 2 unspecified atom stereocenters. The Morgan fingerprint density at radius 1 is 1.50 bits per heavy atom. The predicted octanol–water partition coefficient (Wildman–Crippen LogP) is -0.175. The molecule has 0 spiro atoms. The first-order valence-electron chi connectivity index (χ1n) is 5.31. The Balaban J connectivity index is 2.51. The van der Waals surface area contributed by atoms with Gasteiger partial charge < -0.3 is 20.0 Å². The van der Waals surface area contributed by atoms with E-state index in [1.54, 1.807) is 0 Å². The second kappa shape index (κ2) is 5.16. The van der Waals surface area contributed by atoms with Crippen molar-refractivity contribution in [3.05, 3.63) is 0 Å². The van der Waals surface area contributed by atoms with Crippen LogP contribution in [0.2, 0.25) is 0 Å². The van der Waals surface area contributed by atoms with Crippen LogP contribution in [0.5, 0.6) is 0 Å². The number of aliphatic hydroxyl groups is 1. The van der Waals surface area contributed by atoms with Crippen molar-refractivity contribution in [3.8, 4) is 0 Å². The first kappa shape index (κ1) is 12.8. The van der Waals surface area contributed by atoms with Gasteiger partial charge in [-0.3, -0.25) is 4.79 Å². The van der Waals surface area contributed by atoms with Crippen LogP contribution in [0, 0.1) is 5.92 Å². The van der Waals surface area contributed by atoms with E-state index in [9.17, 15) is 14.7 Å². The molecule has 1 fully saturated rings. The third-order valence-electron chi connectivity index (χ3n) is 2.89. The molecule has 0 saturated carbocycles. The maximum atomic E-state index is 11.8. The first-order valence-corrected chi connectivity index (χ1v) is 5.31. The zero-order valence-electron chi connectivity index (χ0n) is 9.59. The summed E-state index contributed by atoms with van der Waals surface area (Å²) < 4.78 is 0. The molecule has 6 heteroatoms. The molecule has 92 valence electrons. The monoisotopic (exact) mass is 230 g/mol. The van der Waals surface area contributed by atoms with Crippen molar-refractivity contribution in [2.45, 2.75) is 19.4 Å². The van der Waals surface area contributed by atoms with E-state index < -0.39 is 12.1 Å². The van der Waals surface area contributed by atoms with Gasteiger partial charge in [-0.2, -0.15) is 0 Å². The number of hydrogen-bond acceptors (Lipinski definition) is 3. The maximum absolute atomic E-state index is 11.8. The van der Waals surface area contributed by atoms with Crippen molar-refractivity contribution >= 4 is 12.0 Å². The number of aliphatic hydroxyl groups excluding tert-OH is 1. The Labute approximate surface area is 94.4 Å². The second-order valence-electron chi connectivity index (χ2n) is 4.31. The highest BCUT2D eigenvalue weighted by molar-refractivity contribution is 5.80. The standard InChI is InChI=1S/C10H18N2O4/c1-7-3-4-12(5-8(7)13)10(16)11(2)6-9(14)15/h7-8,13H,3-6H2,1-2H3,(H,14,15). The SMILES string of the molecule is CC1CCN(C(=O)N(C)CC(=O)O)CC1O. The third kappa shape index (κ3) is 3.10. The summed E-state index contributed by atoms with van der Waals surface area (Å²) in [5.41, 5.74) is 0. The van der Waals surface area contributed by atoms with Crippen LogP contribution in [0.1, 0.15) is 13.3 Å². The normalized spacial score (nSPS) is 25.3. The third-order valence-corrected chi connectivity index (χ3v) is 2.89. The zero-order valence-corrected chi connectivity index (χ0v) is 9.59. The first-order chi connectivity index (χ1) is 7.41. The van der Waals surface area contributed by atoms with E-state index in [1.165, 1.54) is 11.9 Å². The van der Waals surface area contributed by atoms with Gasteiger partial charge >= 0.3 is 12.0 Å². The number of nitrogens with zero attached hydrogens (tertiary/aromatic N) is 2. The van der Waals surface area contributed by atoms with Gasteiger partial charge in [0.05, 0.1) is 6.10 Å². The van der Waals surface area contributed by atoms with Crippen molar-refractivity contribution in [2.24, 2.45) is 5.92 Å². The fraction of sp³-hybridized carbons (Fsp3) is 0.800. The Morgan fingerprint density at radius 2 is 2.12 bits per heavy atom. The molecule has 1 saturated heterocycles. The van der Waals surface area contributed by atoms with E-state index in [0.717, 1.165) is 11.3 Å². The van der Waals surface area contributed by atoms with E-state index in [1.807, 2.05) is 6.92 Å². The quantitative estimate of drug-likeness (QED) is 0.690. The van der Waals surface area contributed by atoms with E-state index in [2.05, 4.69) is 0 Å². The topological polar surface area (TPSA) is 81.1 Å². The molecule has 6 nitrogen and oxygen atoms in total. The van der Waals surface area contributed by atoms with Gasteiger partial charge in [-0.25, -0.2) is 4.79 Å². The van der Waals surface area contributed by atoms with Crippen LogP contribution >= 0.6 is 0 Å². The molecule has 0 aliphatic carbocycles. The van der Waals surface area contributed by atoms with E-state index >= 15 is 0 Å². The summed E-state index contributed by atoms with van der Waals surface area (Å²) in [6.45, 7) is 2.47. The number of rotatable bonds is 2. The molecule has 0 bridgehead atoms. The molecule has 0 aromatic rings. The molecule has 1 heterocycles. The maximum Gasteiger partial charge on any atom is 0.323 e. The van der Waals surface area contributed by atoms with Gasteiger partial charge in [-0.15, -0.1) is 0 Å². The summed E-state index contributed by atoms with van der Waals surface area (Å²) in [5, 5.41) is 18.2. The van der Waals surface area contributed by atoms with Crippen molar-refractivity contribution in [1.82, 2.24) is 9.80 Å². The van der Waals surface area contributed by atoms with Gasteiger partial charge in [0, 0.05) is 20.1 Å². The molecule has 2 amide bonds. The number of amides is 2. The van der Waals surface area contributed by atoms with Crippen LogP contribution in [0.25, 0.3) is 0 Å². The number of urea groups is 1. The van der Waals surface area contributed by atoms with Crippen LogP contribution < -0.4 is 0 Å². The van der Waals surface area contributed by atoms with Crippen LogP contribution in [0.3, 0.4) is 0 Å². The van der Waals surface area contributed by atoms with Crippen molar-refractivity contribution in [3.63, 3.8) is 0 Å². The summed E-state index contributed by atoms with van der Waals surface area (Å²) >= 11 is 0. The molecule has 1 aliphatic rings. The lowest BCUT2D eigenvalue weighted by Crippen LogP contribution is -2.50. The average Bonchev–Trinajstić information content (AvgIpc) is 2.20. The average molecular weight is 230 g/mol. The highest BCUT2D eigenvalue weighted by atomic mass is 16.4. The lowest BCUT2D eigenvalue weighted by atomic mass is 9.96. The van der Waals surface area contributed by atoms with E-state index in [-0.39, 0.29) is 25.0 Å². The molecule has 0 aromatic carbocycles. The Hall–Kier alpha value is -1.30. The summed E-state index contributed by atoms with van der Waals surface area (Å²) in [6.07, 6.45) is 0.226. The number of aliphatic carboxylic acids is 1. The highest BCUT2D eigenvalue weighted by Crippen LogP contribution is 2.17. The lowest BCUT2D eigenvalue weighted by molar-refractivity contribution is -0.137. The Kier molecular flexibility index (Phi) is 4.12. The molecule has 2 atom stereocenters. The fourth-order valence-electron chi connectivity index (χ4n) is 1.73. The molecular formula is C10H18N2O4. The smallest absolute Gasteiger partial charge is 0.323 e. The minimum atomic E-state index is -1.04. The summed E-state index contributed by atoms with van der Waals surface area (Å²) in [6, 6.07) is -0.339. The number of carbonyl (C=O) groups is 2. The van der Waals surface area contributed by atoms with Gasteiger partial charge in [0.2, 0.25) is 0 Å².